The van der Waals surface area contributed by atoms with Crippen LogP contribution < -0.4 is 16.4 Å². The lowest BCUT2D eigenvalue weighted by Crippen LogP contribution is -2.27. The molecular weight excluding hydrogens is 365 g/mol. The van der Waals surface area contributed by atoms with Crippen molar-refractivity contribution in [2.45, 2.75) is 13.0 Å². The summed E-state index contributed by atoms with van der Waals surface area (Å²) in [5, 5.41) is 5.18. The second kappa shape index (κ2) is 7.23. The zero-order valence-corrected chi connectivity index (χ0v) is 13.9. The van der Waals surface area contributed by atoms with Crippen molar-refractivity contribution in [2.75, 3.05) is 5.32 Å². The number of carbonyl (C=O) groups is 2. The number of nitrogens with two attached hydrogens (primary N) is 1. The summed E-state index contributed by atoms with van der Waals surface area (Å²) in [5.41, 5.74) is 6.37. The second-order valence-corrected chi connectivity index (χ2v) is 5.85. The van der Waals surface area contributed by atoms with Crippen LogP contribution >= 0.6 is 15.9 Å². The summed E-state index contributed by atoms with van der Waals surface area (Å²) in [4.78, 5) is 22.9. The van der Waals surface area contributed by atoms with Crippen molar-refractivity contribution in [1.82, 2.24) is 5.32 Å². The molecule has 7 heteroatoms. The van der Waals surface area contributed by atoms with Gasteiger partial charge < -0.3 is 16.4 Å². The first kappa shape index (κ1) is 17.0. The van der Waals surface area contributed by atoms with Crippen LogP contribution in [-0.2, 0) is 0 Å². The summed E-state index contributed by atoms with van der Waals surface area (Å²) in [7, 11) is 0. The smallest absolute Gasteiger partial charge is 0.316 e. The highest BCUT2D eigenvalue weighted by Gasteiger charge is 2.15. The Hall–Kier alpha value is -2.41. The van der Waals surface area contributed by atoms with Crippen LogP contribution in [0.2, 0.25) is 0 Å². The highest BCUT2D eigenvalue weighted by Crippen LogP contribution is 2.19. The molecule has 0 aliphatic carbocycles. The number of hydrogen-bond acceptors (Lipinski definition) is 2. The SMILES string of the molecule is CC(NC(=O)c1cc(Br)ccc1F)c1ccc(NC(N)=O)cc1. The number of hydrogen-bond donors (Lipinski definition) is 3. The van der Waals surface area contributed by atoms with E-state index in [1.54, 1.807) is 31.2 Å². The Morgan fingerprint density at radius 3 is 2.43 bits per heavy atom. The summed E-state index contributed by atoms with van der Waals surface area (Å²) in [5.74, 6) is -1.09. The van der Waals surface area contributed by atoms with Crippen LogP contribution in [-0.4, -0.2) is 11.9 Å². The van der Waals surface area contributed by atoms with Crippen molar-refractivity contribution in [2.24, 2.45) is 5.73 Å². The van der Waals surface area contributed by atoms with Gasteiger partial charge in [-0.2, -0.15) is 0 Å². The van der Waals surface area contributed by atoms with Gasteiger partial charge in [-0.3, -0.25) is 4.79 Å². The van der Waals surface area contributed by atoms with Crippen LogP contribution in [0.3, 0.4) is 0 Å². The van der Waals surface area contributed by atoms with Gasteiger partial charge in [-0.1, -0.05) is 28.1 Å². The number of anilines is 1. The molecule has 0 fully saturated rings. The van der Waals surface area contributed by atoms with Crippen molar-refractivity contribution in [3.05, 3.63) is 63.9 Å². The molecule has 0 heterocycles. The Labute approximate surface area is 141 Å². The highest BCUT2D eigenvalue weighted by molar-refractivity contribution is 9.10. The van der Waals surface area contributed by atoms with Gasteiger partial charge in [0.1, 0.15) is 5.82 Å². The van der Waals surface area contributed by atoms with E-state index in [-0.39, 0.29) is 11.6 Å². The Kier molecular flexibility index (Phi) is 5.33. The van der Waals surface area contributed by atoms with Crippen LogP contribution in [0.25, 0.3) is 0 Å². The number of urea groups is 1. The van der Waals surface area contributed by atoms with Gasteiger partial charge >= 0.3 is 6.03 Å². The lowest BCUT2D eigenvalue weighted by molar-refractivity contribution is 0.0935. The number of amides is 3. The number of halogens is 2. The van der Waals surface area contributed by atoms with Crippen LogP contribution in [0.1, 0.15) is 28.9 Å². The Morgan fingerprint density at radius 2 is 1.83 bits per heavy atom. The number of primary amides is 1. The fourth-order valence-corrected chi connectivity index (χ4v) is 2.39. The molecule has 0 saturated carbocycles. The molecule has 120 valence electrons. The zero-order valence-electron chi connectivity index (χ0n) is 12.3. The molecule has 0 aliphatic heterocycles. The lowest BCUT2D eigenvalue weighted by atomic mass is 10.1. The molecular formula is C16H15BrFN3O2. The van der Waals surface area contributed by atoms with E-state index in [1.165, 1.54) is 18.2 Å². The first-order chi connectivity index (χ1) is 10.9. The molecule has 0 aromatic heterocycles. The fourth-order valence-electron chi connectivity index (χ4n) is 2.03. The normalized spacial score (nSPS) is 11.6. The third-order valence-electron chi connectivity index (χ3n) is 3.20. The zero-order chi connectivity index (χ0) is 17.0. The molecule has 0 aliphatic rings. The molecule has 1 unspecified atom stereocenters. The third-order valence-corrected chi connectivity index (χ3v) is 3.69. The van der Waals surface area contributed by atoms with Crippen LogP contribution in [0.4, 0.5) is 14.9 Å². The maximum Gasteiger partial charge on any atom is 0.316 e. The predicted octanol–water partition coefficient (Wildman–Crippen LogP) is 3.57. The van der Waals surface area contributed by atoms with Crippen molar-refractivity contribution in [3.63, 3.8) is 0 Å². The van der Waals surface area contributed by atoms with E-state index >= 15 is 0 Å². The minimum atomic E-state index is -0.649. The largest absolute Gasteiger partial charge is 0.351 e. The quantitative estimate of drug-likeness (QED) is 0.758. The van der Waals surface area contributed by atoms with E-state index in [4.69, 9.17) is 5.73 Å². The highest BCUT2D eigenvalue weighted by atomic mass is 79.9. The number of benzene rings is 2. The summed E-state index contributed by atoms with van der Waals surface area (Å²) >= 11 is 3.21. The van der Waals surface area contributed by atoms with Gasteiger partial charge in [0.2, 0.25) is 0 Å². The molecule has 0 bridgehead atoms. The van der Waals surface area contributed by atoms with E-state index in [0.717, 1.165) is 5.56 Å². The van der Waals surface area contributed by atoms with E-state index in [0.29, 0.717) is 10.2 Å². The fraction of sp³-hybridized carbons (Fsp3) is 0.125. The molecule has 1 atom stereocenters. The van der Waals surface area contributed by atoms with Crippen LogP contribution in [0.5, 0.6) is 0 Å². The average Bonchev–Trinajstić information content (AvgIpc) is 2.49. The molecule has 4 N–H and O–H groups in total. The van der Waals surface area contributed by atoms with Gasteiger partial charge in [0, 0.05) is 10.2 Å². The first-order valence-electron chi connectivity index (χ1n) is 6.79. The van der Waals surface area contributed by atoms with E-state index in [1.807, 2.05) is 0 Å². The molecule has 0 radical (unpaired) electrons. The number of nitrogens with one attached hydrogen (secondary N) is 2. The Morgan fingerprint density at radius 1 is 1.17 bits per heavy atom. The van der Waals surface area contributed by atoms with E-state index in [9.17, 15) is 14.0 Å². The molecule has 0 spiro atoms. The molecule has 0 saturated heterocycles. The van der Waals surface area contributed by atoms with Crippen molar-refractivity contribution in [1.29, 1.82) is 0 Å². The molecule has 2 aromatic carbocycles. The first-order valence-corrected chi connectivity index (χ1v) is 7.58. The van der Waals surface area contributed by atoms with Gasteiger partial charge in [-0.15, -0.1) is 0 Å². The van der Waals surface area contributed by atoms with Gasteiger partial charge in [0.25, 0.3) is 5.91 Å². The topological polar surface area (TPSA) is 84.2 Å². The van der Waals surface area contributed by atoms with Gasteiger partial charge in [0.15, 0.2) is 0 Å². The summed E-state index contributed by atoms with van der Waals surface area (Å²) < 4.78 is 14.3. The second-order valence-electron chi connectivity index (χ2n) is 4.93. The summed E-state index contributed by atoms with van der Waals surface area (Å²) in [6.45, 7) is 1.78. The molecule has 2 aromatic rings. The Bertz CT molecular complexity index is 735. The van der Waals surface area contributed by atoms with Gasteiger partial charge in [-0.25, -0.2) is 9.18 Å². The maximum absolute atomic E-state index is 13.7. The van der Waals surface area contributed by atoms with Gasteiger partial charge in [-0.05, 0) is 42.8 Å². The maximum atomic E-state index is 13.7. The molecule has 3 amide bonds. The van der Waals surface area contributed by atoms with Crippen molar-refractivity contribution >= 4 is 33.6 Å². The monoisotopic (exact) mass is 379 g/mol. The van der Waals surface area contributed by atoms with Gasteiger partial charge in [0.05, 0.1) is 11.6 Å². The van der Waals surface area contributed by atoms with Crippen LogP contribution in [0, 0.1) is 5.82 Å². The third kappa shape index (κ3) is 4.53. The number of carbonyl (C=O) groups excluding carboxylic acids is 2. The molecule has 2 rings (SSSR count). The van der Waals surface area contributed by atoms with E-state index < -0.39 is 17.8 Å². The molecule has 5 nitrogen and oxygen atoms in total. The van der Waals surface area contributed by atoms with E-state index in [2.05, 4.69) is 26.6 Å². The summed E-state index contributed by atoms with van der Waals surface area (Å²) in [6.07, 6.45) is 0. The minimum Gasteiger partial charge on any atom is -0.351 e. The summed E-state index contributed by atoms with van der Waals surface area (Å²) in [6, 6.07) is 10.0. The average molecular weight is 380 g/mol. The number of rotatable bonds is 4. The standard InChI is InChI=1S/C16H15BrFN3O2/c1-9(10-2-5-12(6-3-10)21-16(19)23)20-15(22)13-8-11(17)4-7-14(13)18/h2-9H,1H3,(H,20,22)(H3,19,21,23). The predicted molar refractivity (Wildman–Crippen MR) is 89.6 cm³/mol. The van der Waals surface area contributed by atoms with Crippen LogP contribution in [0.15, 0.2) is 46.9 Å². The Balaban J connectivity index is 2.09. The van der Waals surface area contributed by atoms with Crippen molar-refractivity contribution in [3.8, 4) is 0 Å². The van der Waals surface area contributed by atoms with Crippen molar-refractivity contribution < 1.29 is 14.0 Å². The molecule has 23 heavy (non-hydrogen) atoms. The lowest BCUT2D eigenvalue weighted by Gasteiger charge is -2.15. The minimum absolute atomic E-state index is 0.0294.